The molecule has 0 spiro atoms. The quantitative estimate of drug-likeness (QED) is 0.189. The van der Waals surface area contributed by atoms with Gasteiger partial charge in [-0.2, -0.15) is 0 Å². The second-order valence-corrected chi connectivity index (χ2v) is 21.9. The van der Waals surface area contributed by atoms with Gasteiger partial charge in [0.1, 0.15) is 72.9 Å². The lowest BCUT2D eigenvalue weighted by Gasteiger charge is -2.40. The van der Waals surface area contributed by atoms with Crippen LogP contribution in [0.5, 0.6) is 0 Å². The van der Waals surface area contributed by atoms with E-state index < -0.39 is 137 Å². The number of hydrogen-bond acceptors (Lipinski definition) is 17. The Hall–Kier alpha value is -7.41. The molecule has 2 aromatic heterocycles. The molecule has 4 aromatic rings. The maximum absolute atomic E-state index is 15.2. The van der Waals surface area contributed by atoms with E-state index in [1.54, 1.807) is 88.5 Å². The molecule has 4 N–H and O–H groups in total. The third-order valence-corrected chi connectivity index (χ3v) is 16.1. The Morgan fingerprint density at radius 3 is 1.65 bits per heavy atom. The van der Waals surface area contributed by atoms with Gasteiger partial charge in [-0.3, -0.25) is 43.3 Å². The molecule has 9 atom stereocenters. The smallest absolute Gasteiger partial charge is 0.329 e. The first-order valence-electron chi connectivity index (χ1n) is 24.8. The molecule has 2 aromatic carbocycles. The highest BCUT2D eigenvalue weighted by atomic mass is 32.2. The molecule has 2 aliphatic rings. The van der Waals surface area contributed by atoms with Gasteiger partial charge in [0.25, 0.3) is 11.8 Å². The number of benzene rings is 2. The Morgan fingerprint density at radius 1 is 0.623 bits per heavy atom. The predicted octanol–water partition coefficient (Wildman–Crippen LogP) is 1.24. The molecule has 2 aliphatic heterocycles. The van der Waals surface area contributed by atoms with Crippen LogP contribution in [0.3, 0.4) is 0 Å². The molecule has 2 saturated heterocycles. The molecule has 412 valence electrons. The molecule has 8 amide bonds. The first-order chi connectivity index (χ1) is 36.4. The Bertz CT molecular complexity index is 2930. The van der Waals surface area contributed by atoms with Crippen LogP contribution in [-0.4, -0.2) is 200 Å². The van der Waals surface area contributed by atoms with E-state index in [9.17, 15) is 38.4 Å². The van der Waals surface area contributed by atoms with Crippen molar-refractivity contribution in [3.63, 3.8) is 0 Å². The maximum atomic E-state index is 15.2. The highest BCUT2D eigenvalue weighted by molar-refractivity contribution is 8.16. The Kier molecular flexibility index (Phi) is 19.6. The zero-order chi connectivity index (χ0) is 56.6. The number of para-hydroxylation sites is 3. The summed E-state index contributed by atoms with van der Waals surface area (Å²) in [5.74, 6) is -10.2. The number of nitrogens with zero attached hydrogens (tertiary/aromatic N) is 7. The number of fused-ring (bicyclic) bond motifs is 6. The minimum Gasteiger partial charge on any atom is -0.461 e. The summed E-state index contributed by atoms with van der Waals surface area (Å²) in [6.07, 6.45) is 2.87. The molecule has 0 saturated carbocycles. The number of esters is 2. The van der Waals surface area contributed by atoms with Crippen molar-refractivity contribution in [2.24, 2.45) is 11.8 Å². The molecule has 2 fully saturated rings. The van der Waals surface area contributed by atoms with Gasteiger partial charge >= 0.3 is 11.9 Å². The van der Waals surface area contributed by atoms with Crippen molar-refractivity contribution in [1.82, 2.24) is 55.8 Å². The fourth-order valence-corrected chi connectivity index (χ4v) is 11.6. The second-order valence-electron chi connectivity index (χ2n) is 19.5. The van der Waals surface area contributed by atoms with Crippen molar-refractivity contribution >= 4 is 105 Å². The molecule has 0 radical (unpaired) electrons. The normalized spacial score (nSPS) is 25.4. The van der Waals surface area contributed by atoms with Crippen LogP contribution < -0.4 is 21.3 Å². The number of hydrogen-bond donors (Lipinski definition) is 4. The summed E-state index contributed by atoms with van der Waals surface area (Å²) in [6.45, 7) is 7.75. The second kappa shape index (κ2) is 25.6. The van der Waals surface area contributed by atoms with Crippen LogP contribution in [0.2, 0.25) is 0 Å². The molecule has 9 unspecified atom stereocenters. The van der Waals surface area contributed by atoms with Gasteiger partial charge in [-0.15, -0.1) is 23.5 Å². The first-order valence-corrected chi connectivity index (χ1v) is 27.1. The van der Waals surface area contributed by atoms with Crippen LogP contribution in [0, 0.1) is 11.8 Å². The van der Waals surface area contributed by atoms with Gasteiger partial charge in [0.2, 0.25) is 35.4 Å². The molecule has 25 heteroatoms. The van der Waals surface area contributed by atoms with E-state index in [1.807, 2.05) is 0 Å². The third-order valence-electron chi connectivity index (χ3n) is 13.3. The fourth-order valence-electron chi connectivity index (χ4n) is 9.00. The van der Waals surface area contributed by atoms with Gasteiger partial charge in [-0.1, -0.05) is 64.1 Å². The number of aromatic nitrogens is 3. The number of ether oxygens (including phenoxy) is 2. The van der Waals surface area contributed by atoms with E-state index in [2.05, 4.69) is 36.2 Å². The van der Waals surface area contributed by atoms with Crippen molar-refractivity contribution in [1.29, 1.82) is 0 Å². The summed E-state index contributed by atoms with van der Waals surface area (Å²) in [6, 6.07) is 5.27. The molecule has 4 heterocycles. The molecule has 2 bridgehead atoms. The number of carbonyl (C=O) groups excluding carboxylic acids is 10. The first kappa shape index (κ1) is 58.8. The van der Waals surface area contributed by atoms with E-state index >= 15 is 9.59 Å². The van der Waals surface area contributed by atoms with Gasteiger partial charge in [-0.25, -0.2) is 19.6 Å². The molecule has 77 heavy (non-hydrogen) atoms. The molecule has 0 aliphatic carbocycles. The summed E-state index contributed by atoms with van der Waals surface area (Å²) in [4.78, 5) is 162. The van der Waals surface area contributed by atoms with Crippen molar-refractivity contribution in [3.8, 4) is 0 Å². The lowest BCUT2D eigenvalue weighted by Crippen LogP contribution is -2.60. The lowest BCUT2D eigenvalue weighted by molar-refractivity contribution is -0.160. The number of cyclic esters (lactones) is 2. The van der Waals surface area contributed by atoms with Gasteiger partial charge in [0, 0.05) is 39.3 Å². The van der Waals surface area contributed by atoms with Crippen molar-refractivity contribution < 1.29 is 57.4 Å². The van der Waals surface area contributed by atoms with Gasteiger partial charge < -0.3 is 50.3 Å². The number of nitrogens with one attached hydrogen (secondary N) is 4. The van der Waals surface area contributed by atoms with E-state index in [0.29, 0.717) is 16.6 Å². The average Bonchev–Trinajstić information content (AvgIpc) is 3.40. The van der Waals surface area contributed by atoms with E-state index in [0.717, 1.165) is 48.5 Å². The number of thioether (sulfide) groups is 2. The monoisotopic (exact) mass is 1100 g/mol. The summed E-state index contributed by atoms with van der Waals surface area (Å²) in [5.41, 5.74) is 1.12. The van der Waals surface area contributed by atoms with Crippen LogP contribution in [0.25, 0.3) is 21.9 Å². The fraction of sp³-hybridized carbons (Fsp3) is 0.481. The largest absolute Gasteiger partial charge is 0.461 e. The SMILES string of the molecule is CSC1SCC2C(=O)N(C)C(C(C)C)C(=O)OCC(NC(=O)c3ccc4ccccc4n3)C(=O)NC(C)C(=O)N(C)C1C(=O)N(C)C(C(C)C)C(=O)OCC(NC(=O)c1cnc3ccccc3n1)C(=O)NC(C)C(=O)N2C. The van der Waals surface area contributed by atoms with Crippen LogP contribution in [0.15, 0.2) is 66.9 Å². The summed E-state index contributed by atoms with van der Waals surface area (Å²) < 4.78 is 10.5. The minimum absolute atomic E-state index is 0.0707. The Morgan fingerprint density at radius 2 is 1.10 bits per heavy atom. The standard InChI is InChI=1S/C52H65N11O12S2/c1-26(2)39-50(72)74-23-36(58-42(64)34-21-20-30-16-12-13-17-31(30)56-34)44(66)55-29(6)47(69)63(10)41-49(71)62(9)40(27(3)4)51(73)75-24-37(59-43(65)35-22-53-32-18-14-15-19-33(32)57-35)45(67)54-28(5)46(68)60(7)38(48(70)61(39)8)25-77-52(41)76-11/h12-22,26-29,36-41,52H,23-25H2,1-11H3,(H,54,67)(H,55,66)(H,58,64)(H,59,65). The van der Waals surface area contributed by atoms with E-state index in [4.69, 9.17) is 9.47 Å². The van der Waals surface area contributed by atoms with Gasteiger partial charge in [0.05, 0.1) is 27.3 Å². The number of likely N-dealkylation sites (N-methyl/N-ethyl adjacent to an activating group) is 4. The molecule has 6 rings (SSSR count). The number of carbonyl (C=O) groups is 10. The zero-order valence-corrected chi connectivity index (χ0v) is 46.3. The van der Waals surface area contributed by atoms with E-state index in [-0.39, 0.29) is 17.1 Å². The van der Waals surface area contributed by atoms with Crippen molar-refractivity contribution in [2.75, 3.05) is 53.4 Å². The van der Waals surface area contributed by atoms with Crippen LogP contribution >= 0.6 is 23.5 Å². The lowest BCUT2D eigenvalue weighted by atomic mass is 10.0. The number of amides is 8. The number of pyridine rings is 1. The highest BCUT2D eigenvalue weighted by Gasteiger charge is 2.45. The maximum Gasteiger partial charge on any atom is 0.329 e. The highest BCUT2D eigenvalue weighted by Crippen LogP contribution is 2.32. The van der Waals surface area contributed by atoms with Crippen LogP contribution in [-0.2, 0) is 47.8 Å². The molecular weight excluding hydrogens is 1030 g/mol. The van der Waals surface area contributed by atoms with Crippen molar-refractivity contribution in [2.45, 2.75) is 94.5 Å². The van der Waals surface area contributed by atoms with Crippen LogP contribution in [0.1, 0.15) is 62.5 Å². The Labute approximate surface area is 454 Å². The van der Waals surface area contributed by atoms with Crippen molar-refractivity contribution in [3.05, 3.63) is 78.2 Å². The summed E-state index contributed by atoms with van der Waals surface area (Å²) in [7, 11) is 5.35. The van der Waals surface area contributed by atoms with Gasteiger partial charge in [0.15, 0.2) is 0 Å². The predicted molar refractivity (Wildman–Crippen MR) is 287 cm³/mol. The van der Waals surface area contributed by atoms with Crippen LogP contribution in [0.4, 0.5) is 0 Å². The van der Waals surface area contributed by atoms with E-state index in [1.165, 1.54) is 54.3 Å². The average molecular weight is 1100 g/mol. The molecular formula is C52H65N11O12S2. The Balaban J connectivity index is 1.43. The third kappa shape index (κ3) is 13.6. The minimum atomic E-state index is -1.65. The van der Waals surface area contributed by atoms with Gasteiger partial charge in [-0.05, 0) is 56.2 Å². The topological polar surface area (TPSA) is 289 Å². The number of rotatable bonds is 7. The zero-order valence-electron chi connectivity index (χ0n) is 44.7. The summed E-state index contributed by atoms with van der Waals surface area (Å²) in [5, 5.41) is 11.0. The summed E-state index contributed by atoms with van der Waals surface area (Å²) >= 11 is 2.17. The molecule has 23 nitrogen and oxygen atoms in total.